The zero-order valence-corrected chi connectivity index (χ0v) is 18.4. The highest BCUT2D eigenvalue weighted by Gasteiger charge is 2.22. The van der Waals surface area contributed by atoms with Crippen molar-refractivity contribution in [2.45, 2.75) is 26.1 Å². The minimum absolute atomic E-state index is 0.0567. The van der Waals surface area contributed by atoms with Crippen molar-refractivity contribution in [1.82, 2.24) is 29.7 Å². The van der Waals surface area contributed by atoms with Crippen LogP contribution in [0, 0.1) is 0 Å². The van der Waals surface area contributed by atoms with Gasteiger partial charge < -0.3 is 15.4 Å². The van der Waals surface area contributed by atoms with Gasteiger partial charge >= 0.3 is 6.61 Å². The highest BCUT2D eigenvalue weighted by atomic mass is 35.5. The van der Waals surface area contributed by atoms with E-state index in [4.69, 9.17) is 11.6 Å². The van der Waals surface area contributed by atoms with Crippen LogP contribution in [0.2, 0.25) is 5.02 Å². The number of fused-ring (bicyclic) bond motifs is 1. The van der Waals surface area contributed by atoms with Gasteiger partial charge in [-0.2, -0.15) is 19.0 Å². The van der Waals surface area contributed by atoms with Gasteiger partial charge in [0.25, 0.3) is 5.91 Å². The number of aromatic nitrogens is 5. The number of anilines is 1. The molecule has 0 aliphatic rings. The van der Waals surface area contributed by atoms with Crippen LogP contribution in [-0.4, -0.2) is 50.0 Å². The van der Waals surface area contributed by atoms with Crippen molar-refractivity contribution < 1.29 is 18.3 Å². The van der Waals surface area contributed by atoms with Gasteiger partial charge in [0, 0.05) is 35.2 Å². The van der Waals surface area contributed by atoms with E-state index >= 15 is 0 Å². The van der Waals surface area contributed by atoms with Gasteiger partial charge in [0.05, 0.1) is 18.4 Å². The van der Waals surface area contributed by atoms with Gasteiger partial charge in [0.15, 0.2) is 5.65 Å². The Bertz CT molecular complexity index is 1290. The molecule has 0 radical (unpaired) electrons. The fraction of sp³-hybridized carbons (Fsp3) is 0.238. The first-order chi connectivity index (χ1) is 15.9. The van der Waals surface area contributed by atoms with Crippen LogP contribution < -0.4 is 15.4 Å². The van der Waals surface area contributed by atoms with Gasteiger partial charge in [-0.1, -0.05) is 11.6 Å². The maximum Gasteiger partial charge on any atom is 0.387 e. The van der Waals surface area contributed by atoms with Crippen molar-refractivity contribution in [3.63, 3.8) is 0 Å². The zero-order chi connectivity index (χ0) is 23.5. The summed E-state index contributed by atoms with van der Waals surface area (Å²) in [6, 6.07) is 5.98. The molecule has 3 heterocycles. The topological polar surface area (TPSA) is 98.4 Å². The number of rotatable bonds is 8. The molecule has 0 spiro atoms. The highest BCUT2D eigenvalue weighted by molar-refractivity contribution is 6.31. The summed E-state index contributed by atoms with van der Waals surface area (Å²) >= 11 is 6.13. The SMILES string of the molecule is CNC(C)Cn1cc(NC(=O)c2cnn3cccnc23)c(-c2cc(Cl)ccc2OC(F)F)n1. The van der Waals surface area contributed by atoms with Crippen LogP contribution in [0.5, 0.6) is 5.75 Å². The van der Waals surface area contributed by atoms with Crippen LogP contribution in [-0.2, 0) is 6.54 Å². The molecule has 1 unspecified atom stereocenters. The first kappa shape index (κ1) is 22.6. The van der Waals surface area contributed by atoms with E-state index in [0.717, 1.165) is 0 Å². The molecule has 1 amide bonds. The number of carbonyl (C=O) groups is 1. The molecule has 1 atom stereocenters. The number of halogens is 3. The Hall–Kier alpha value is -3.57. The first-order valence-corrected chi connectivity index (χ1v) is 10.3. The first-order valence-electron chi connectivity index (χ1n) is 9.95. The molecule has 4 rings (SSSR count). The Morgan fingerprint density at radius 1 is 1.33 bits per heavy atom. The van der Waals surface area contributed by atoms with E-state index in [1.54, 1.807) is 29.3 Å². The third kappa shape index (κ3) is 4.94. The lowest BCUT2D eigenvalue weighted by molar-refractivity contribution is -0.0494. The van der Waals surface area contributed by atoms with Gasteiger partial charge in [-0.3, -0.25) is 9.48 Å². The quantitative estimate of drug-likeness (QED) is 0.403. The minimum Gasteiger partial charge on any atom is -0.434 e. The highest BCUT2D eigenvalue weighted by Crippen LogP contribution is 2.37. The Kier molecular flexibility index (Phi) is 6.52. The monoisotopic (exact) mass is 475 g/mol. The van der Waals surface area contributed by atoms with Gasteiger partial charge in [0.1, 0.15) is 17.0 Å². The third-order valence-electron chi connectivity index (χ3n) is 4.90. The van der Waals surface area contributed by atoms with Crippen LogP contribution in [0.3, 0.4) is 0 Å². The zero-order valence-electron chi connectivity index (χ0n) is 17.7. The second-order valence-electron chi connectivity index (χ2n) is 7.22. The van der Waals surface area contributed by atoms with E-state index in [1.165, 1.54) is 28.9 Å². The largest absolute Gasteiger partial charge is 0.434 e. The van der Waals surface area contributed by atoms with Gasteiger partial charge in [-0.05, 0) is 38.2 Å². The van der Waals surface area contributed by atoms with Crippen LogP contribution in [0.4, 0.5) is 14.5 Å². The van der Waals surface area contributed by atoms with Crippen molar-refractivity contribution >= 4 is 28.8 Å². The summed E-state index contributed by atoms with van der Waals surface area (Å²) in [6.45, 7) is -0.627. The van der Waals surface area contributed by atoms with Crippen molar-refractivity contribution in [2.75, 3.05) is 12.4 Å². The normalized spacial score (nSPS) is 12.3. The Labute approximate surface area is 192 Å². The van der Waals surface area contributed by atoms with Crippen molar-refractivity contribution in [3.8, 4) is 17.0 Å². The van der Waals surface area contributed by atoms with E-state index in [9.17, 15) is 13.6 Å². The van der Waals surface area contributed by atoms with E-state index in [2.05, 4.69) is 30.6 Å². The molecule has 2 N–H and O–H groups in total. The predicted octanol–water partition coefficient (Wildman–Crippen LogP) is 3.71. The number of amides is 1. The smallest absolute Gasteiger partial charge is 0.387 e. The number of carbonyl (C=O) groups excluding carboxylic acids is 1. The van der Waals surface area contributed by atoms with Crippen LogP contribution in [0.1, 0.15) is 17.3 Å². The summed E-state index contributed by atoms with van der Waals surface area (Å²) in [5.74, 6) is -0.598. The molecule has 172 valence electrons. The fourth-order valence-corrected chi connectivity index (χ4v) is 3.41. The summed E-state index contributed by atoms with van der Waals surface area (Å²) in [6.07, 6.45) is 6.24. The molecular formula is C21H20ClF2N7O2. The summed E-state index contributed by atoms with van der Waals surface area (Å²) in [5, 5.41) is 14.8. The van der Waals surface area contributed by atoms with E-state index in [1.807, 2.05) is 14.0 Å². The molecule has 4 aromatic rings. The van der Waals surface area contributed by atoms with E-state index in [0.29, 0.717) is 22.9 Å². The molecule has 3 aromatic heterocycles. The van der Waals surface area contributed by atoms with Gasteiger partial charge in [0.2, 0.25) is 0 Å². The maximum atomic E-state index is 13.1. The van der Waals surface area contributed by atoms with Gasteiger partial charge in [-0.15, -0.1) is 0 Å². The number of hydrogen-bond acceptors (Lipinski definition) is 6. The van der Waals surface area contributed by atoms with Gasteiger partial charge in [-0.25, -0.2) is 9.50 Å². The number of ether oxygens (including phenoxy) is 1. The number of hydrogen-bond donors (Lipinski definition) is 2. The molecule has 0 bridgehead atoms. The summed E-state index contributed by atoms with van der Waals surface area (Å²) < 4.78 is 33.8. The standard InChI is InChI=1S/C21H20ClF2N7O2/c1-12(25-2)10-30-11-16(28-20(32)15-9-27-31-7-3-6-26-19(15)31)18(29-30)14-8-13(22)4-5-17(14)33-21(23)24/h3-9,11-12,21,25H,10H2,1-2H3,(H,28,32). The van der Waals surface area contributed by atoms with Crippen molar-refractivity contribution in [2.24, 2.45) is 0 Å². The molecule has 0 fully saturated rings. The van der Waals surface area contributed by atoms with Crippen LogP contribution in [0.25, 0.3) is 16.9 Å². The van der Waals surface area contributed by atoms with Crippen LogP contribution >= 0.6 is 11.6 Å². The number of nitrogens with zero attached hydrogens (tertiary/aromatic N) is 5. The maximum absolute atomic E-state index is 13.1. The Balaban J connectivity index is 1.76. The van der Waals surface area contributed by atoms with Crippen molar-refractivity contribution in [1.29, 1.82) is 0 Å². The molecule has 0 saturated carbocycles. The molecule has 33 heavy (non-hydrogen) atoms. The molecule has 0 aliphatic heterocycles. The average molecular weight is 476 g/mol. The lowest BCUT2D eigenvalue weighted by Crippen LogP contribution is -2.26. The number of nitrogens with one attached hydrogen (secondary N) is 2. The number of benzene rings is 1. The Morgan fingerprint density at radius 2 is 2.15 bits per heavy atom. The third-order valence-corrected chi connectivity index (χ3v) is 5.14. The van der Waals surface area contributed by atoms with Crippen LogP contribution in [0.15, 0.2) is 49.1 Å². The molecule has 0 aliphatic carbocycles. The van der Waals surface area contributed by atoms with E-state index < -0.39 is 12.5 Å². The second kappa shape index (κ2) is 9.51. The second-order valence-corrected chi connectivity index (χ2v) is 7.66. The molecule has 0 saturated heterocycles. The average Bonchev–Trinajstić information content (AvgIpc) is 3.38. The Morgan fingerprint density at radius 3 is 2.91 bits per heavy atom. The molecule has 9 nitrogen and oxygen atoms in total. The molecule has 1 aromatic carbocycles. The summed E-state index contributed by atoms with van der Waals surface area (Å²) in [5.41, 5.74) is 1.35. The number of likely N-dealkylation sites (N-methyl/N-ethyl adjacent to an activating group) is 1. The molecular weight excluding hydrogens is 456 g/mol. The van der Waals surface area contributed by atoms with E-state index in [-0.39, 0.29) is 28.6 Å². The lowest BCUT2D eigenvalue weighted by Gasteiger charge is -2.11. The predicted molar refractivity (Wildman–Crippen MR) is 119 cm³/mol. The lowest BCUT2D eigenvalue weighted by atomic mass is 10.1. The minimum atomic E-state index is -3.04. The summed E-state index contributed by atoms with van der Waals surface area (Å²) in [7, 11) is 1.81. The number of alkyl halides is 2. The fourth-order valence-electron chi connectivity index (χ4n) is 3.24. The van der Waals surface area contributed by atoms with Crippen molar-refractivity contribution in [3.05, 3.63) is 59.6 Å². The summed E-state index contributed by atoms with van der Waals surface area (Å²) in [4.78, 5) is 17.2. The molecule has 12 heteroatoms.